The Morgan fingerprint density at radius 3 is 2.93 bits per heavy atom. The largest absolute Gasteiger partial charge is 0.331 e. The number of anilines is 1. The molecule has 0 aliphatic carbocycles. The van der Waals surface area contributed by atoms with Gasteiger partial charge in [0.1, 0.15) is 0 Å². The molecular weight excluding hydrogens is 262 g/mol. The average Bonchev–Trinajstić information content (AvgIpc) is 2.16. The topological polar surface area (TPSA) is 41.3 Å². The summed E-state index contributed by atoms with van der Waals surface area (Å²) >= 11 is 8.45. The molecule has 3 nitrogen and oxygen atoms in total. The van der Waals surface area contributed by atoms with Gasteiger partial charge in [-0.15, -0.1) is 0 Å². The lowest BCUT2D eigenvalue weighted by Crippen LogP contribution is -2.40. The lowest BCUT2D eigenvalue weighted by atomic mass is 10.3. The van der Waals surface area contributed by atoms with E-state index in [2.05, 4.69) is 21.2 Å². The van der Waals surface area contributed by atoms with Gasteiger partial charge in [0.25, 0.3) is 0 Å². The van der Waals surface area contributed by atoms with Crippen LogP contribution in [0.15, 0.2) is 28.7 Å². The minimum atomic E-state index is 0.519. The first-order chi connectivity index (χ1) is 6.63. The molecule has 1 aromatic carbocycles. The van der Waals surface area contributed by atoms with Gasteiger partial charge in [0.15, 0.2) is 5.11 Å². The number of hydrogen-bond donors (Lipinski definition) is 2. The molecule has 0 aliphatic heterocycles. The van der Waals surface area contributed by atoms with Crippen LogP contribution in [0.2, 0.25) is 0 Å². The van der Waals surface area contributed by atoms with Crippen molar-refractivity contribution in [2.45, 2.75) is 6.92 Å². The summed E-state index contributed by atoms with van der Waals surface area (Å²) < 4.78 is 1.00. The number of nitrogens with two attached hydrogens (primary N) is 1. The zero-order valence-electron chi connectivity index (χ0n) is 7.83. The zero-order valence-corrected chi connectivity index (χ0v) is 10.2. The minimum absolute atomic E-state index is 0.519. The van der Waals surface area contributed by atoms with Crippen molar-refractivity contribution in [3.05, 3.63) is 28.7 Å². The summed E-state index contributed by atoms with van der Waals surface area (Å²) in [5, 5.41) is 5.04. The molecule has 0 aliphatic rings. The van der Waals surface area contributed by atoms with Gasteiger partial charge in [0, 0.05) is 16.7 Å². The maximum Gasteiger partial charge on any atom is 0.187 e. The second-order valence-electron chi connectivity index (χ2n) is 2.73. The van der Waals surface area contributed by atoms with E-state index in [0.29, 0.717) is 11.7 Å². The predicted octanol–water partition coefficient (Wildman–Crippen LogP) is 2.34. The van der Waals surface area contributed by atoms with Crippen LogP contribution in [0.1, 0.15) is 6.92 Å². The van der Waals surface area contributed by atoms with E-state index in [1.807, 2.05) is 31.2 Å². The van der Waals surface area contributed by atoms with Crippen LogP contribution in [0.3, 0.4) is 0 Å². The van der Waals surface area contributed by atoms with E-state index >= 15 is 0 Å². The molecule has 0 spiro atoms. The number of nitrogens with zero attached hydrogens (tertiary/aromatic N) is 1. The van der Waals surface area contributed by atoms with E-state index in [9.17, 15) is 0 Å². The molecule has 0 fully saturated rings. The van der Waals surface area contributed by atoms with Crippen molar-refractivity contribution in [3.8, 4) is 0 Å². The molecule has 0 atom stereocenters. The average molecular weight is 274 g/mol. The van der Waals surface area contributed by atoms with Crippen LogP contribution < -0.4 is 11.2 Å². The highest BCUT2D eigenvalue weighted by Gasteiger charge is 2.02. The Morgan fingerprint density at radius 2 is 2.36 bits per heavy atom. The Balaban J connectivity index is 2.65. The van der Waals surface area contributed by atoms with Crippen LogP contribution in [-0.2, 0) is 0 Å². The van der Waals surface area contributed by atoms with Crippen LogP contribution >= 0.6 is 28.1 Å². The maximum atomic E-state index is 5.62. The Kier molecular flexibility index (Phi) is 4.31. The molecule has 0 radical (unpaired) electrons. The molecule has 76 valence electrons. The van der Waals surface area contributed by atoms with Gasteiger partial charge >= 0.3 is 0 Å². The maximum absolute atomic E-state index is 5.62. The summed E-state index contributed by atoms with van der Waals surface area (Å²) in [6, 6.07) is 7.76. The van der Waals surface area contributed by atoms with Crippen molar-refractivity contribution in [1.82, 2.24) is 5.01 Å². The van der Waals surface area contributed by atoms with Gasteiger partial charge in [-0.1, -0.05) is 22.0 Å². The summed E-state index contributed by atoms with van der Waals surface area (Å²) in [4.78, 5) is 0. The number of rotatable bonds is 2. The number of hydrogen-bond acceptors (Lipinski definition) is 2. The molecular formula is C9H12BrN3S. The number of halogens is 1. The molecule has 1 aromatic rings. The molecule has 0 saturated heterocycles. The Hall–Kier alpha value is -0.650. The third-order valence-electron chi connectivity index (χ3n) is 1.68. The molecule has 0 bridgehead atoms. The minimum Gasteiger partial charge on any atom is -0.331 e. The van der Waals surface area contributed by atoms with Crippen molar-refractivity contribution < 1.29 is 0 Å². The first kappa shape index (κ1) is 11.4. The van der Waals surface area contributed by atoms with Crippen molar-refractivity contribution in [1.29, 1.82) is 0 Å². The van der Waals surface area contributed by atoms with Gasteiger partial charge in [-0.25, -0.2) is 5.84 Å². The van der Waals surface area contributed by atoms with Crippen LogP contribution in [0, 0.1) is 0 Å². The fraction of sp³-hybridized carbons (Fsp3) is 0.222. The monoisotopic (exact) mass is 273 g/mol. The summed E-state index contributed by atoms with van der Waals surface area (Å²) in [6.45, 7) is 2.62. The van der Waals surface area contributed by atoms with Crippen molar-refractivity contribution in [2.24, 2.45) is 5.84 Å². The fourth-order valence-electron chi connectivity index (χ4n) is 0.905. The molecule has 5 heteroatoms. The molecule has 0 saturated carbocycles. The van der Waals surface area contributed by atoms with E-state index in [1.165, 1.54) is 5.01 Å². The highest BCUT2D eigenvalue weighted by molar-refractivity contribution is 9.10. The fourth-order valence-corrected chi connectivity index (χ4v) is 1.55. The van der Waals surface area contributed by atoms with Gasteiger partial charge in [-0.2, -0.15) is 0 Å². The number of thiocarbonyl (C=S) groups is 1. The summed E-state index contributed by atoms with van der Waals surface area (Å²) in [7, 11) is 0. The van der Waals surface area contributed by atoms with Gasteiger partial charge in [-0.3, -0.25) is 5.01 Å². The van der Waals surface area contributed by atoms with Crippen molar-refractivity contribution in [2.75, 3.05) is 11.9 Å². The normalized spacial score (nSPS) is 9.64. The summed E-state index contributed by atoms with van der Waals surface area (Å²) in [5.41, 5.74) is 0.924. The highest BCUT2D eigenvalue weighted by Crippen LogP contribution is 2.15. The second kappa shape index (κ2) is 5.29. The first-order valence-electron chi connectivity index (χ1n) is 4.22. The van der Waals surface area contributed by atoms with E-state index in [0.717, 1.165) is 10.2 Å². The van der Waals surface area contributed by atoms with Gasteiger partial charge < -0.3 is 5.32 Å². The molecule has 0 amide bonds. The summed E-state index contributed by atoms with van der Waals surface area (Å²) in [5.74, 6) is 5.62. The third kappa shape index (κ3) is 3.25. The lowest BCUT2D eigenvalue weighted by molar-refractivity contribution is 0.473. The lowest BCUT2D eigenvalue weighted by Gasteiger charge is -2.18. The SMILES string of the molecule is CCN(N)C(=S)Nc1cccc(Br)c1. The van der Waals surface area contributed by atoms with E-state index in [1.54, 1.807) is 0 Å². The molecule has 14 heavy (non-hydrogen) atoms. The molecule has 0 heterocycles. The zero-order chi connectivity index (χ0) is 10.6. The quantitative estimate of drug-likeness (QED) is 0.493. The second-order valence-corrected chi connectivity index (χ2v) is 4.03. The van der Waals surface area contributed by atoms with E-state index < -0.39 is 0 Å². The van der Waals surface area contributed by atoms with Gasteiger partial charge in [0.2, 0.25) is 0 Å². The van der Waals surface area contributed by atoms with Crippen molar-refractivity contribution in [3.63, 3.8) is 0 Å². The van der Waals surface area contributed by atoms with E-state index in [4.69, 9.17) is 18.1 Å². The first-order valence-corrected chi connectivity index (χ1v) is 5.42. The smallest absolute Gasteiger partial charge is 0.187 e. The van der Waals surface area contributed by atoms with Gasteiger partial charge in [0.05, 0.1) is 0 Å². The summed E-state index contributed by atoms with van der Waals surface area (Å²) in [6.07, 6.45) is 0. The number of benzene rings is 1. The van der Waals surface area contributed by atoms with Crippen molar-refractivity contribution >= 4 is 38.9 Å². The third-order valence-corrected chi connectivity index (χ3v) is 2.51. The molecule has 0 aromatic heterocycles. The molecule has 0 unspecified atom stereocenters. The Labute approximate surface area is 97.4 Å². The molecule has 3 N–H and O–H groups in total. The van der Waals surface area contributed by atoms with Crippen LogP contribution in [0.5, 0.6) is 0 Å². The number of hydrazine groups is 1. The Bertz CT molecular complexity index is 330. The molecule has 1 rings (SSSR count). The standard InChI is InChI=1S/C9H12BrN3S/c1-2-13(11)9(14)12-8-5-3-4-7(10)6-8/h3-6H,2,11H2,1H3,(H,12,14). The van der Waals surface area contributed by atoms with Crippen LogP contribution in [-0.4, -0.2) is 16.7 Å². The van der Waals surface area contributed by atoms with Gasteiger partial charge in [-0.05, 0) is 37.3 Å². The van der Waals surface area contributed by atoms with E-state index in [-0.39, 0.29) is 0 Å². The predicted molar refractivity (Wildman–Crippen MR) is 66.9 cm³/mol. The Morgan fingerprint density at radius 1 is 1.64 bits per heavy atom. The van der Waals surface area contributed by atoms with Crippen LogP contribution in [0.4, 0.5) is 5.69 Å². The highest BCUT2D eigenvalue weighted by atomic mass is 79.9. The number of nitrogens with one attached hydrogen (secondary N) is 1. The van der Waals surface area contributed by atoms with Crippen LogP contribution in [0.25, 0.3) is 0 Å².